The second kappa shape index (κ2) is 11.6. The molecular formula is C34H44FN7O3. The maximum atomic E-state index is 14.0. The van der Waals surface area contributed by atoms with Crippen LogP contribution in [0.4, 0.5) is 21.5 Å². The summed E-state index contributed by atoms with van der Waals surface area (Å²) in [5.41, 5.74) is 7.82. The normalized spacial score (nSPS) is 25.1. The fourth-order valence-electron chi connectivity index (χ4n) is 8.01. The van der Waals surface area contributed by atoms with Gasteiger partial charge in [-0.25, -0.2) is 9.37 Å². The summed E-state index contributed by atoms with van der Waals surface area (Å²) < 4.78 is 20.5. The van der Waals surface area contributed by atoms with E-state index < -0.39 is 17.8 Å². The lowest BCUT2D eigenvalue weighted by Gasteiger charge is -2.51. The molecule has 0 radical (unpaired) electrons. The number of amides is 2. The summed E-state index contributed by atoms with van der Waals surface area (Å²) in [6.07, 6.45) is 4.01. The third-order valence-corrected chi connectivity index (χ3v) is 10.6. The number of halogens is 1. The molecule has 11 heteroatoms. The SMILES string of the molecule is C=C(F)C(=O)N1C[C@@H]2C(=O)N(C)c3c(OC[C@@H]4CCCN4C)nc4c(c3N2C[C@H]1C)CCN(c1cccc2c1CN(C)CC2)C4. The summed E-state index contributed by atoms with van der Waals surface area (Å²) in [6.45, 7) is 10.6. The van der Waals surface area contributed by atoms with E-state index in [4.69, 9.17) is 9.72 Å². The number of fused-ring (bicyclic) bond motifs is 6. The van der Waals surface area contributed by atoms with Gasteiger partial charge in [0.15, 0.2) is 5.83 Å². The quantitative estimate of drug-likeness (QED) is 0.475. The summed E-state index contributed by atoms with van der Waals surface area (Å²) in [5, 5.41) is 0. The fraction of sp³-hybridized carbons (Fsp3) is 0.559. The third kappa shape index (κ3) is 5.13. The Morgan fingerprint density at radius 2 is 1.89 bits per heavy atom. The van der Waals surface area contributed by atoms with Gasteiger partial charge in [0.1, 0.15) is 18.3 Å². The van der Waals surface area contributed by atoms with Crippen molar-refractivity contribution in [3.05, 3.63) is 53.0 Å². The van der Waals surface area contributed by atoms with Crippen LogP contribution < -0.4 is 19.4 Å². The zero-order chi connectivity index (χ0) is 31.6. The van der Waals surface area contributed by atoms with Crippen LogP contribution in [0, 0.1) is 0 Å². The van der Waals surface area contributed by atoms with Crippen LogP contribution in [0.25, 0.3) is 0 Å². The number of nitrogens with zero attached hydrogens (tertiary/aromatic N) is 7. The molecule has 2 aromatic rings. The third-order valence-electron chi connectivity index (χ3n) is 10.6. The highest BCUT2D eigenvalue weighted by Crippen LogP contribution is 2.48. The molecule has 10 nitrogen and oxygen atoms in total. The molecule has 0 bridgehead atoms. The van der Waals surface area contributed by atoms with Crippen LogP contribution >= 0.6 is 0 Å². The van der Waals surface area contributed by atoms with Crippen molar-refractivity contribution in [3.63, 3.8) is 0 Å². The minimum Gasteiger partial charge on any atom is -0.474 e. The Morgan fingerprint density at radius 1 is 1.07 bits per heavy atom. The van der Waals surface area contributed by atoms with E-state index in [2.05, 4.69) is 58.5 Å². The highest BCUT2D eigenvalue weighted by Gasteiger charge is 2.47. The van der Waals surface area contributed by atoms with Gasteiger partial charge in [0.05, 0.1) is 24.5 Å². The van der Waals surface area contributed by atoms with Gasteiger partial charge in [0, 0.05) is 56.6 Å². The van der Waals surface area contributed by atoms with E-state index in [1.807, 2.05) is 6.92 Å². The maximum absolute atomic E-state index is 14.0. The molecule has 0 N–H and O–H groups in total. The second-order valence-electron chi connectivity index (χ2n) is 13.5. The van der Waals surface area contributed by atoms with Crippen molar-refractivity contribution in [1.82, 2.24) is 19.7 Å². The van der Waals surface area contributed by atoms with Crippen molar-refractivity contribution in [2.24, 2.45) is 0 Å². The molecule has 2 amide bonds. The van der Waals surface area contributed by atoms with E-state index in [0.29, 0.717) is 37.3 Å². The Morgan fingerprint density at radius 3 is 2.64 bits per heavy atom. The average molecular weight is 618 g/mol. The first-order chi connectivity index (χ1) is 21.6. The first-order valence-corrected chi connectivity index (χ1v) is 16.2. The van der Waals surface area contributed by atoms with Gasteiger partial charge < -0.3 is 34.1 Å². The summed E-state index contributed by atoms with van der Waals surface area (Å²) in [6, 6.07) is 6.01. The molecule has 5 aliphatic heterocycles. The molecule has 3 atom stereocenters. The number of anilines is 3. The molecular weight excluding hydrogens is 573 g/mol. The Balaban J connectivity index is 1.29. The van der Waals surface area contributed by atoms with Crippen molar-refractivity contribution in [3.8, 4) is 5.88 Å². The largest absolute Gasteiger partial charge is 0.474 e. The lowest BCUT2D eigenvalue weighted by molar-refractivity contribution is -0.133. The first kappa shape index (κ1) is 30.0. The fourth-order valence-corrected chi connectivity index (χ4v) is 8.01. The topological polar surface area (TPSA) is 75.7 Å². The van der Waals surface area contributed by atoms with Crippen molar-refractivity contribution in [1.29, 1.82) is 0 Å². The van der Waals surface area contributed by atoms with Crippen LogP contribution in [0.5, 0.6) is 5.88 Å². The summed E-state index contributed by atoms with van der Waals surface area (Å²) in [5.74, 6) is -1.43. The smallest absolute Gasteiger partial charge is 0.282 e. The van der Waals surface area contributed by atoms with Crippen molar-refractivity contribution < 1.29 is 18.7 Å². The number of likely N-dealkylation sites (tertiary alicyclic amines) is 1. The predicted octanol–water partition coefficient (Wildman–Crippen LogP) is 2.97. The average Bonchev–Trinajstić information content (AvgIpc) is 3.45. The number of hydrogen-bond acceptors (Lipinski definition) is 8. The van der Waals surface area contributed by atoms with Gasteiger partial charge >= 0.3 is 0 Å². The summed E-state index contributed by atoms with van der Waals surface area (Å²) >= 11 is 0. The van der Waals surface area contributed by atoms with Gasteiger partial charge in [-0.1, -0.05) is 18.7 Å². The molecule has 0 saturated carbocycles. The van der Waals surface area contributed by atoms with Crippen LogP contribution in [0.15, 0.2) is 30.6 Å². The van der Waals surface area contributed by atoms with Crippen molar-refractivity contribution in [2.75, 3.05) is 75.2 Å². The standard InChI is InChI=1S/C34H44FN7O3/c1-21-16-42-29(19-41(21)33(43)22(2)35)34(44)39(5)31-30(42)25-12-15-40(28-10-6-8-23-11-14-37(3)17-26(23)28)18-27(25)36-32(31)45-20-24-9-7-13-38(24)4/h6,8,10,21,24,29H,2,7,9,11-20H2,1,3-5H3/t21-,24+,29-/m1/s1. The zero-order valence-corrected chi connectivity index (χ0v) is 26.9. The number of carbonyl (C=O) groups excluding carboxylic acids is 2. The van der Waals surface area contributed by atoms with Gasteiger partial charge in [-0.2, -0.15) is 0 Å². The predicted molar refractivity (Wildman–Crippen MR) is 173 cm³/mol. The number of benzene rings is 1. The Hall–Kier alpha value is -3.70. The van der Waals surface area contributed by atoms with Crippen molar-refractivity contribution >= 4 is 28.9 Å². The highest BCUT2D eigenvalue weighted by atomic mass is 19.1. The lowest BCUT2D eigenvalue weighted by atomic mass is 9.93. The van der Waals surface area contributed by atoms with Crippen LogP contribution in [0.1, 0.15) is 42.1 Å². The van der Waals surface area contributed by atoms with E-state index in [-0.39, 0.29) is 18.5 Å². The van der Waals surface area contributed by atoms with Crippen LogP contribution in [-0.2, 0) is 35.5 Å². The molecule has 1 aromatic carbocycles. The minimum atomic E-state index is -1.00. The number of ether oxygens (including phenoxy) is 1. The van der Waals surface area contributed by atoms with Gasteiger partial charge in [-0.15, -0.1) is 0 Å². The van der Waals surface area contributed by atoms with E-state index in [1.165, 1.54) is 21.7 Å². The van der Waals surface area contributed by atoms with Crippen LogP contribution in [0.2, 0.25) is 0 Å². The van der Waals surface area contributed by atoms with Gasteiger partial charge in [-0.05, 0) is 70.4 Å². The molecule has 7 rings (SSSR count). The van der Waals surface area contributed by atoms with E-state index >= 15 is 0 Å². The molecule has 0 unspecified atom stereocenters. The number of aromatic nitrogens is 1. The Labute approximate surface area is 265 Å². The summed E-state index contributed by atoms with van der Waals surface area (Å²) in [7, 11) is 6.07. The van der Waals surface area contributed by atoms with E-state index in [0.717, 1.165) is 68.8 Å². The molecule has 6 heterocycles. The number of pyridine rings is 1. The molecule has 45 heavy (non-hydrogen) atoms. The number of rotatable bonds is 5. The van der Waals surface area contributed by atoms with Crippen molar-refractivity contribution in [2.45, 2.75) is 63.8 Å². The second-order valence-corrected chi connectivity index (χ2v) is 13.5. The molecule has 2 saturated heterocycles. The minimum absolute atomic E-state index is 0.0987. The molecule has 0 aliphatic carbocycles. The number of carbonyl (C=O) groups is 2. The molecule has 5 aliphatic rings. The first-order valence-electron chi connectivity index (χ1n) is 16.2. The van der Waals surface area contributed by atoms with Crippen LogP contribution in [-0.4, -0.2) is 110 Å². The van der Waals surface area contributed by atoms with E-state index in [1.54, 1.807) is 11.9 Å². The molecule has 240 valence electrons. The Bertz CT molecular complexity index is 1550. The van der Waals surface area contributed by atoms with Gasteiger partial charge in [-0.3, -0.25) is 9.59 Å². The van der Waals surface area contributed by atoms with E-state index in [9.17, 15) is 14.0 Å². The van der Waals surface area contributed by atoms with Crippen LogP contribution in [0.3, 0.4) is 0 Å². The zero-order valence-electron chi connectivity index (χ0n) is 26.9. The van der Waals surface area contributed by atoms with Gasteiger partial charge in [0.25, 0.3) is 11.8 Å². The summed E-state index contributed by atoms with van der Waals surface area (Å²) in [4.78, 5) is 44.2. The molecule has 1 aromatic heterocycles. The monoisotopic (exact) mass is 617 g/mol. The van der Waals surface area contributed by atoms with Gasteiger partial charge in [0.2, 0.25) is 5.88 Å². The number of likely N-dealkylation sites (N-methyl/N-ethyl adjacent to an activating group) is 3. The lowest BCUT2D eigenvalue weighted by Crippen LogP contribution is -2.66. The molecule has 2 fully saturated rings. The number of hydrogen-bond donors (Lipinski definition) is 0. The highest BCUT2D eigenvalue weighted by molar-refractivity contribution is 6.08. The molecule has 0 spiro atoms. The maximum Gasteiger partial charge on any atom is 0.282 e. The number of piperazine rings is 1. The Kier molecular flexibility index (Phi) is 7.72.